The fourth-order valence-electron chi connectivity index (χ4n) is 3.07. The molecule has 1 aliphatic rings. The number of sulfonamides is 2. The van der Waals surface area contributed by atoms with E-state index in [1.165, 1.54) is 49.6 Å². The number of hydrogen-bond acceptors (Lipinski definition) is 7. The minimum Gasteiger partial charge on any atom is -0.495 e. The van der Waals surface area contributed by atoms with Crippen LogP contribution in [0.25, 0.3) is 6.08 Å². The summed E-state index contributed by atoms with van der Waals surface area (Å²) in [5.41, 5.74) is 0.282. The Labute approximate surface area is 190 Å². The number of piperazine rings is 1. The van der Waals surface area contributed by atoms with Crippen LogP contribution in [0.5, 0.6) is 5.75 Å². The predicted octanol–water partition coefficient (Wildman–Crippen LogP) is 0.714. The third-order valence-corrected chi connectivity index (χ3v) is 7.87. The molecule has 0 unspecified atom stereocenters. The highest BCUT2D eigenvalue weighted by Crippen LogP contribution is 2.28. The first-order chi connectivity index (χ1) is 15.5. The van der Waals surface area contributed by atoms with Crippen LogP contribution in [-0.2, 0) is 29.6 Å². The normalized spacial score (nSPS) is 15.2. The van der Waals surface area contributed by atoms with E-state index in [0.29, 0.717) is 5.56 Å². The second-order valence-electron chi connectivity index (χ2n) is 6.90. The lowest BCUT2D eigenvalue weighted by molar-refractivity contribution is -0.131. The molecule has 1 fully saturated rings. The van der Waals surface area contributed by atoms with Crippen molar-refractivity contribution in [2.45, 2.75) is 9.79 Å². The summed E-state index contributed by atoms with van der Waals surface area (Å²) < 4.78 is 60.3. The zero-order valence-corrected chi connectivity index (χ0v) is 19.0. The van der Waals surface area contributed by atoms with Gasteiger partial charge in [-0.2, -0.15) is 4.31 Å². The Morgan fingerprint density at radius 3 is 2.61 bits per heavy atom. The molecule has 0 radical (unpaired) electrons. The molecule has 0 bridgehead atoms. The summed E-state index contributed by atoms with van der Waals surface area (Å²) >= 11 is 0. The molecule has 13 heteroatoms. The molecule has 2 aromatic carbocycles. The van der Waals surface area contributed by atoms with Crippen molar-refractivity contribution in [3.05, 3.63) is 54.1 Å². The molecule has 2 aromatic rings. The average Bonchev–Trinajstić information content (AvgIpc) is 2.77. The zero-order valence-electron chi connectivity index (χ0n) is 17.4. The topological polar surface area (TPSA) is 159 Å². The number of carbonyl (C=O) groups is 2. The highest BCUT2D eigenvalue weighted by atomic mass is 32.2. The predicted molar refractivity (Wildman–Crippen MR) is 119 cm³/mol. The smallest absolute Gasteiger partial charge is 0.328 e. The Morgan fingerprint density at radius 2 is 1.94 bits per heavy atom. The summed E-state index contributed by atoms with van der Waals surface area (Å²) in [5, 5.41) is 11.3. The van der Waals surface area contributed by atoms with Crippen LogP contribution >= 0.6 is 0 Å². The standard InChI is InChI=1S/C20H21N3O8S2/c1-31-17-7-5-14(6-8-20(25)26)11-18(17)32(27,28)22-15-3-2-4-16(12-15)33(29,30)23-10-9-21-19(24)13-23/h2-8,11-12,22H,9-10,13H2,1H3,(H,21,24)(H,25,26)/b8-6+. The number of aliphatic carboxylic acids is 1. The van der Waals surface area contributed by atoms with Gasteiger partial charge in [0.25, 0.3) is 10.0 Å². The number of benzene rings is 2. The van der Waals surface area contributed by atoms with Crippen molar-refractivity contribution in [1.29, 1.82) is 0 Å². The fraction of sp³-hybridized carbons (Fsp3) is 0.200. The number of anilines is 1. The van der Waals surface area contributed by atoms with Crippen LogP contribution in [0.3, 0.4) is 0 Å². The van der Waals surface area contributed by atoms with Crippen molar-refractivity contribution in [2.75, 3.05) is 31.5 Å². The van der Waals surface area contributed by atoms with Crippen molar-refractivity contribution in [3.63, 3.8) is 0 Å². The van der Waals surface area contributed by atoms with Crippen LogP contribution in [0, 0.1) is 0 Å². The first-order valence-corrected chi connectivity index (χ1v) is 12.4. The van der Waals surface area contributed by atoms with Crippen molar-refractivity contribution >= 4 is 43.7 Å². The molecule has 0 atom stereocenters. The summed E-state index contributed by atoms with van der Waals surface area (Å²) in [5.74, 6) is -1.61. The Hall–Kier alpha value is -3.42. The number of carboxylic acid groups (broad SMARTS) is 1. The average molecular weight is 496 g/mol. The Kier molecular flexibility index (Phi) is 7.05. The first kappa shape index (κ1) is 24.2. The molecule has 176 valence electrons. The van der Waals surface area contributed by atoms with Crippen LogP contribution in [0.4, 0.5) is 5.69 Å². The van der Waals surface area contributed by atoms with E-state index in [0.717, 1.165) is 16.4 Å². The lowest BCUT2D eigenvalue weighted by atomic mass is 10.2. The maximum Gasteiger partial charge on any atom is 0.328 e. The van der Waals surface area contributed by atoms with Crippen LogP contribution < -0.4 is 14.8 Å². The Morgan fingerprint density at radius 1 is 1.18 bits per heavy atom. The molecule has 0 aliphatic carbocycles. The van der Waals surface area contributed by atoms with Crippen LogP contribution in [-0.4, -0.2) is 64.9 Å². The van der Waals surface area contributed by atoms with Gasteiger partial charge in [0.15, 0.2) is 0 Å². The Balaban J connectivity index is 1.93. The number of nitrogens with zero attached hydrogens (tertiary/aromatic N) is 1. The highest BCUT2D eigenvalue weighted by molar-refractivity contribution is 7.92. The van der Waals surface area contributed by atoms with Gasteiger partial charge in [0, 0.05) is 19.2 Å². The minimum absolute atomic E-state index is 0.0121. The van der Waals surface area contributed by atoms with Crippen LogP contribution in [0.15, 0.2) is 58.3 Å². The van der Waals surface area contributed by atoms with Crippen LogP contribution in [0.1, 0.15) is 5.56 Å². The molecular formula is C20H21N3O8S2. The van der Waals surface area contributed by atoms with Gasteiger partial charge in [0.05, 0.1) is 24.2 Å². The minimum atomic E-state index is -4.24. The van der Waals surface area contributed by atoms with Gasteiger partial charge in [-0.15, -0.1) is 0 Å². The number of methoxy groups -OCH3 is 1. The highest BCUT2D eigenvalue weighted by Gasteiger charge is 2.29. The van der Waals surface area contributed by atoms with Gasteiger partial charge in [-0.1, -0.05) is 12.1 Å². The lowest BCUT2D eigenvalue weighted by Gasteiger charge is -2.26. The Bertz CT molecular complexity index is 1320. The summed E-state index contributed by atoms with van der Waals surface area (Å²) in [7, 11) is -6.99. The molecule has 11 nitrogen and oxygen atoms in total. The van der Waals surface area contributed by atoms with Crippen molar-refractivity contribution in [1.82, 2.24) is 9.62 Å². The van der Waals surface area contributed by atoms with Gasteiger partial charge in [0.2, 0.25) is 15.9 Å². The molecule has 3 rings (SSSR count). The maximum atomic E-state index is 13.0. The number of ether oxygens (including phenoxy) is 1. The third-order valence-electron chi connectivity index (χ3n) is 4.62. The molecule has 0 saturated carbocycles. The van der Waals surface area contributed by atoms with Crippen molar-refractivity contribution in [2.24, 2.45) is 0 Å². The third kappa shape index (κ3) is 5.69. The summed E-state index contributed by atoms with van der Waals surface area (Å²) in [6, 6.07) is 9.29. The molecule has 3 N–H and O–H groups in total. The van der Waals surface area contributed by atoms with Crippen molar-refractivity contribution < 1.29 is 36.3 Å². The number of rotatable bonds is 8. The molecule has 1 saturated heterocycles. The van der Waals surface area contributed by atoms with E-state index in [9.17, 15) is 26.4 Å². The van der Waals surface area contributed by atoms with Crippen LogP contribution in [0.2, 0.25) is 0 Å². The number of hydrogen-bond donors (Lipinski definition) is 3. The zero-order chi connectivity index (χ0) is 24.2. The van der Waals surface area contributed by atoms with E-state index >= 15 is 0 Å². The number of carbonyl (C=O) groups excluding carboxylic acids is 1. The SMILES string of the molecule is COc1ccc(/C=C/C(=O)O)cc1S(=O)(=O)Nc1cccc(S(=O)(=O)N2CCNC(=O)C2)c1. The van der Waals surface area contributed by atoms with E-state index in [1.54, 1.807) is 0 Å². The molecule has 33 heavy (non-hydrogen) atoms. The van der Waals surface area contributed by atoms with Gasteiger partial charge in [0.1, 0.15) is 10.6 Å². The summed E-state index contributed by atoms with van der Waals surface area (Å²) in [6.07, 6.45) is 2.09. The van der Waals surface area contributed by atoms with Gasteiger partial charge >= 0.3 is 5.97 Å². The monoisotopic (exact) mass is 495 g/mol. The quantitative estimate of drug-likeness (QED) is 0.452. The van der Waals surface area contributed by atoms with Gasteiger partial charge in [-0.05, 0) is 42.0 Å². The first-order valence-electron chi connectivity index (χ1n) is 9.52. The van der Waals surface area contributed by atoms with E-state index < -0.39 is 31.9 Å². The number of amides is 1. The van der Waals surface area contributed by atoms with E-state index in [-0.39, 0.29) is 40.9 Å². The maximum absolute atomic E-state index is 13.0. The van der Waals surface area contributed by atoms with Crippen molar-refractivity contribution in [3.8, 4) is 5.75 Å². The molecule has 0 spiro atoms. The summed E-state index contributed by atoms with van der Waals surface area (Å²) in [4.78, 5) is 21.9. The second kappa shape index (κ2) is 9.60. The number of nitrogens with one attached hydrogen (secondary N) is 2. The molecule has 0 aromatic heterocycles. The van der Waals surface area contributed by atoms with E-state index in [2.05, 4.69) is 10.0 Å². The number of carboxylic acids is 1. The van der Waals surface area contributed by atoms with E-state index in [1.807, 2.05) is 0 Å². The summed E-state index contributed by atoms with van der Waals surface area (Å²) in [6.45, 7) is -0.0547. The fourth-order valence-corrected chi connectivity index (χ4v) is 5.77. The second-order valence-corrected chi connectivity index (χ2v) is 10.5. The lowest BCUT2D eigenvalue weighted by Crippen LogP contribution is -2.49. The molecular weight excluding hydrogens is 474 g/mol. The molecule has 1 aliphatic heterocycles. The largest absolute Gasteiger partial charge is 0.495 e. The van der Waals surface area contributed by atoms with E-state index in [4.69, 9.17) is 9.84 Å². The van der Waals surface area contributed by atoms with Gasteiger partial charge in [-0.25, -0.2) is 21.6 Å². The molecule has 1 amide bonds. The molecule has 1 heterocycles. The van der Waals surface area contributed by atoms with Gasteiger partial charge in [-0.3, -0.25) is 9.52 Å². The van der Waals surface area contributed by atoms with Gasteiger partial charge < -0.3 is 15.2 Å².